The molecule has 0 saturated heterocycles. The number of aromatic nitrogens is 2. The molecule has 128 valence electrons. The Morgan fingerprint density at radius 3 is 1.59 bits per heavy atom. The van der Waals surface area contributed by atoms with Gasteiger partial charge in [-0.25, -0.2) is 0 Å². The Kier molecular flexibility index (Phi) is 2.75. The van der Waals surface area contributed by atoms with Gasteiger partial charge in [-0.1, -0.05) is 66.7 Å². The van der Waals surface area contributed by atoms with E-state index < -0.39 is 0 Å². The van der Waals surface area contributed by atoms with Gasteiger partial charge in [0.1, 0.15) is 0 Å². The van der Waals surface area contributed by atoms with Crippen LogP contribution in [0, 0.1) is 0 Å². The highest BCUT2D eigenvalue weighted by Gasteiger charge is 2.17. The number of nitrogens with zero attached hydrogens (tertiary/aromatic N) is 2. The third-order valence-corrected chi connectivity index (χ3v) is 5.53. The van der Waals surface area contributed by atoms with E-state index in [1.165, 1.54) is 32.6 Å². The van der Waals surface area contributed by atoms with Gasteiger partial charge >= 0.3 is 0 Å². The molecular formula is C24H17N3. The van der Waals surface area contributed by atoms with Crippen LogP contribution >= 0.6 is 0 Å². The Bertz CT molecular complexity index is 1430. The maximum absolute atomic E-state index is 6.57. The lowest BCUT2D eigenvalue weighted by Crippen LogP contribution is -2.09. The molecular weight excluding hydrogens is 330 g/mol. The first-order chi connectivity index (χ1) is 13.3. The Balaban J connectivity index is 1.87. The lowest BCUT2D eigenvalue weighted by Gasteiger charge is -2.11. The van der Waals surface area contributed by atoms with Crippen LogP contribution in [-0.2, 0) is 0 Å². The summed E-state index contributed by atoms with van der Waals surface area (Å²) in [5.41, 5.74) is 5.57. The maximum Gasteiger partial charge on any atom is 0.0943 e. The van der Waals surface area contributed by atoms with Crippen LogP contribution in [0.25, 0.3) is 49.3 Å². The van der Waals surface area contributed by atoms with Crippen molar-refractivity contribution >= 4 is 43.6 Å². The molecule has 0 radical (unpaired) electrons. The third-order valence-electron chi connectivity index (χ3n) is 5.53. The average molecular weight is 347 g/mol. The van der Waals surface area contributed by atoms with Gasteiger partial charge in [0.05, 0.1) is 27.8 Å². The summed E-state index contributed by atoms with van der Waals surface area (Å²) in [4.78, 5) is 0. The fraction of sp³-hybridized carbons (Fsp3) is 0. The number of fused-ring (bicyclic) bond motifs is 6. The van der Waals surface area contributed by atoms with E-state index in [9.17, 15) is 0 Å². The SMILES string of the molecule is Nn1c2ccccc2c2cccc(-n3c4ccccc4c4ccccc43)c21. The smallest absolute Gasteiger partial charge is 0.0943 e. The van der Waals surface area contributed by atoms with Crippen molar-refractivity contribution in [3.05, 3.63) is 91.0 Å². The highest BCUT2D eigenvalue weighted by Crippen LogP contribution is 2.36. The van der Waals surface area contributed by atoms with E-state index in [1.54, 1.807) is 0 Å². The van der Waals surface area contributed by atoms with Crippen molar-refractivity contribution in [3.8, 4) is 5.69 Å². The zero-order chi connectivity index (χ0) is 18.0. The van der Waals surface area contributed by atoms with Crippen molar-refractivity contribution in [2.24, 2.45) is 0 Å². The molecule has 0 aliphatic rings. The molecule has 6 rings (SSSR count). The molecule has 0 atom stereocenters. The lowest BCUT2D eigenvalue weighted by molar-refractivity contribution is 1.09. The minimum atomic E-state index is 1.04. The fourth-order valence-corrected chi connectivity index (χ4v) is 4.40. The molecule has 0 aliphatic heterocycles. The summed E-state index contributed by atoms with van der Waals surface area (Å²) in [7, 11) is 0. The van der Waals surface area contributed by atoms with Crippen molar-refractivity contribution in [1.82, 2.24) is 9.24 Å². The molecule has 0 fully saturated rings. The molecule has 0 spiro atoms. The molecule has 27 heavy (non-hydrogen) atoms. The number of nitrogens with two attached hydrogens (primary N) is 1. The van der Waals surface area contributed by atoms with E-state index in [-0.39, 0.29) is 0 Å². The molecule has 0 saturated carbocycles. The number of nitrogen functional groups attached to an aromatic ring is 1. The van der Waals surface area contributed by atoms with Crippen molar-refractivity contribution in [2.45, 2.75) is 0 Å². The molecule has 0 amide bonds. The van der Waals surface area contributed by atoms with Crippen LogP contribution in [0.2, 0.25) is 0 Å². The minimum absolute atomic E-state index is 1.04. The largest absolute Gasteiger partial charge is 0.338 e. The standard InChI is InChI=1S/C24H17N3/c25-27-22-14-6-3-10-18(22)19-11-7-15-23(24(19)27)26-20-12-4-1-8-16(20)17-9-2-5-13-21(17)26/h1-15H,25H2. The summed E-state index contributed by atoms with van der Waals surface area (Å²) < 4.78 is 4.15. The Morgan fingerprint density at radius 1 is 0.481 bits per heavy atom. The van der Waals surface area contributed by atoms with Crippen molar-refractivity contribution in [3.63, 3.8) is 0 Å². The molecule has 3 heteroatoms. The molecule has 0 unspecified atom stereocenters. The Labute approximate surface area is 155 Å². The van der Waals surface area contributed by atoms with Crippen molar-refractivity contribution in [2.75, 3.05) is 5.84 Å². The first-order valence-corrected chi connectivity index (χ1v) is 9.10. The van der Waals surface area contributed by atoms with Gasteiger partial charge in [0.25, 0.3) is 0 Å². The van der Waals surface area contributed by atoms with Crippen LogP contribution in [0.4, 0.5) is 0 Å². The van der Waals surface area contributed by atoms with E-state index in [2.05, 4.69) is 89.5 Å². The monoisotopic (exact) mass is 347 g/mol. The predicted molar refractivity (Wildman–Crippen MR) is 114 cm³/mol. The summed E-state index contributed by atoms with van der Waals surface area (Å²) in [6, 6.07) is 31.8. The maximum atomic E-state index is 6.57. The quantitative estimate of drug-likeness (QED) is 0.386. The fourth-order valence-electron chi connectivity index (χ4n) is 4.40. The Morgan fingerprint density at radius 2 is 0.963 bits per heavy atom. The molecule has 2 aromatic heterocycles. The molecule has 4 aromatic carbocycles. The number of para-hydroxylation sites is 4. The van der Waals surface area contributed by atoms with Gasteiger partial charge in [0.15, 0.2) is 0 Å². The highest BCUT2D eigenvalue weighted by atomic mass is 15.3. The van der Waals surface area contributed by atoms with Gasteiger partial charge in [-0.2, -0.15) is 0 Å². The van der Waals surface area contributed by atoms with Gasteiger partial charge < -0.3 is 10.4 Å². The van der Waals surface area contributed by atoms with Gasteiger partial charge in [-0.3, -0.25) is 4.68 Å². The summed E-state index contributed by atoms with van der Waals surface area (Å²) in [6.45, 7) is 0. The normalized spacial score (nSPS) is 11.9. The zero-order valence-electron chi connectivity index (χ0n) is 14.6. The number of benzene rings is 4. The first-order valence-electron chi connectivity index (χ1n) is 9.10. The van der Waals surface area contributed by atoms with Crippen molar-refractivity contribution in [1.29, 1.82) is 0 Å². The van der Waals surface area contributed by atoms with Gasteiger partial charge in [-0.05, 0) is 24.3 Å². The second kappa shape index (κ2) is 5.15. The third kappa shape index (κ3) is 1.80. The molecule has 2 heterocycles. The predicted octanol–water partition coefficient (Wildman–Crippen LogP) is 5.61. The zero-order valence-corrected chi connectivity index (χ0v) is 14.6. The Hall–Kier alpha value is -3.72. The number of hydrogen-bond donors (Lipinski definition) is 1. The van der Waals surface area contributed by atoms with Gasteiger partial charge in [-0.15, -0.1) is 0 Å². The molecule has 2 N–H and O–H groups in total. The summed E-state index contributed by atoms with van der Waals surface area (Å²) in [5, 5.41) is 4.86. The lowest BCUT2D eigenvalue weighted by atomic mass is 10.1. The van der Waals surface area contributed by atoms with E-state index in [0.717, 1.165) is 16.7 Å². The van der Waals surface area contributed by atoms with Crippen LogP contribution in [0.3, 0.4) is 0 Å². The average Bonchev–Trinajstić information content (AvgIpc) is 3.22. The van der Waals surface area contributed by atoms with Crippen LogP contribution in [-0.4, -0.2) is 9.24 Å². The van der Waals surface area contributed by atoms with E-state index in [4.69, 9.17) is 5.84 Å². The van der Waals surface area contributed by atoms with Gasteiger partial charge in [0.2, 0.25) is 0 Å². The molecule has 0 aliphatic carbocycles. The van der Waals surface area contributed by atoms with Crippen molar-refractivity contribution < 1.29 is 0 Å². The van der Waals surface area contributed by atoms with Crippen LogP contribution < -0.4 is 5.84 Å². The van der Waals surface area contributed by atoms with E-state index in [1.807, 2.05) is 10.7 Å². The molecule has 3 nitrogen and oxygen atoms in total. The van der Waals surface area contributed by atoms with E-state index in [0.29, 0.717) is 0 Å². The first kappa shape index (κ1) is 14.4. The second-order valence-corrected chi connectivity index (χ2v) is 6.93. The highest BCUT2D eigenvalue weighted by molar-refractivity contribution is 6.14. The molecule has 6 aromatic rings. The van der Waals surface area contributed by atoms with Crippen LogP contribution in [0.15, 0.2) is 91.0 Å². The topological polar surface area (TPSA) is 35.9 Å². The second-order valence-electron chi connectivity index (χ2n) is 6.93. The van der Waals surface area contributed by atoms with Crippen LogP contribution in [0.1, 0.15) is 0 Å². The van der Waals surface area contributed by atoms with Crippen LogP contribution in [0.5, 0.6) is 0 Å². The number of rotatable bonds is 1. The summed E-state index contributed by atoms with van der Waals surface area (Å²) in [6.07, 6.45) is 0. The minimum Gasteiger partial charge on any atom is -0.338 e. The van der Waals surface area contributed by atoms with E-state index >= 15 is 0 Å². The summed E-state index contributed by atoms with van der Waals surface area (Å²) >= 11 is 0. The summed E-state index contributed by atoms with van der Waals surface area (Å²) in [5.74, 6) is 6.57. The van der Waals surface area contributed by atoms with Gasteiger partial charge in [0, 0.05) is 21.5 Å². The number of hydrogen-bond acceptors (Lipinski definition) is 1. The molecule has 0 bridgehead atoms.